The number of rotatable bonds is 2. The van der Waals surface area contributed by atoms with Crippen LogP contribution in [0, 0.1) is 0 Å². The lowest BCUT2D eigenvalue weighted by atomic mass is 10.2. The number of nitrogens with zero attached hydrogens (tertiary/aromatic N) is 5. The second-order valence-electron chi connectivity index (χ2n) is 5.65. The van der Waals surface area contributed by atoms with E-state index in [0.717, 1.165) is 11.2 Å². The van der Waals surface area contributed by atoms with Gasteiger partial charge in [0.1, 0.15) is 0 Å². The van der Waals surface area contributed by atoms with Gasteiger partial charge in [-0.2, -0.15) is 0 Å². The van der Waals surface area contributed by atoms with Crippen LogP contribution in [0.3, 0.4) is 0 Å². The molecule has 0 bridgehead atoms. The SMILES string of the molecule is CN(C)C(=O)N1CCN(c2cc(S(=O)O)cn3cncc23)CC1. The van der Waals surface area contributed by atoms with Crippen LogP contribution in [0.1, 0.15) is 0 Å². The van der Waals surface area contributed by atoms with Gasteiger partial charge in [0.25, 0.3) is 0 Å². The minimum Gasteiger partial charge on any atom is -0.366 e. The van der Waals surface area contributed by atoms with E-state index in [1.165, 1.54) is 0 Å². The Morgan fingerprint density at radius 1 is 1.30 bits per heavy atom. The topological polar surface area (TPSA) is 81.4 Å². The second-order valence-corrected chi connectivity index (χ2v) is 6.62. The van der Waals surface area contributed by atoms with Gasteiger partial charge in [0.15, 0.2) is 11.1 Å². The summed E-state index contributed by atoms with van der Waals surface area (Å²) in [4.78, 5) is 21.9. The number of piperazine rings is 1. The molecule has 0 aromatic carbocycles. The Balaban J connectivity index is 1.86. The molecule has 9 heteroatoms. The monoisotopic (exact) mass is 337 g/mol. The molecule has 0 aliphatic carbocycles. The smallest absolute Gasteiger partial charge is 0.319 e. The number of hydrogen-bond donors (Lipinski definition) is 1. The zero-order valence-electron chi connectivity index (χ0n) is 13.0. The summed E-state index contributed by atoms with van der Waals surface area (Å²) in [6.07, 6.45) is 4.95. The summed E-state index contributed by atoms with van der Waals surface area (Å²) in [7, 11) is 3.48. The van der Waals surface area contributed by atoms with E-state index in [-0.39, 0.29) is 6.03 Å². The molecule has 23 heavy (non-hydrogen) atoms. The van der Waals surface area contributed by atoms with E-state index >= 15 is 0 Å². The predicted octanol–water partition coefficient (Wildman–Crippen LogP) is 0.718. The summed E-state index contributed by atoms with van der Waals surface area (Å²) in [6.45, 7) is 2.57. The molecule has 2 amide bonds. The first-order valence-corrected chi connectivity index (χ1v) is 8.36. The lowest BCUT2D eigenvalue weighted by Gasteiger charge is -2.37. The Bertz CT molecular complexity index is 752. The Labute approximate surface area is 136 Å². The first-order valence-electron chi connectivity index (χ1n) is 7.25. The Morgan fingerprint density at radius 3 is 2.61 bits per heavy atom. The van der Waals surface area contributed by atoms with Crippen molar-refractivity contribution in [2.75, 3.05) is 45.2 Å². The highest BCUT2D eigenvalue weighted by molar-refractivity contribution is 7.79. The number of imidazole rings is 1. The molecule has 3 rings (SSSR count). The predicted molar refractivity (Wildman–Crippen MR) is 87.1 cm³/mol. The summed E-state index contributed by atoms with van der Waals surface area (Å²) in [5, 5.41) is 0. The van der Waals surface area contributed by atoms with Gasteiger partial charge in [0.2, 0.25) is 0 Å². The number of carbonyl (C=O) groups is 1. The molecule has 2 aromatic rings. The summed E-state index contributed by atoms with van der Waals surface area (Å²) < 4.78 is 22.5. The third-order valence-electron chi connectivity index (χ3n) is 3.95. The largest absolute Gasteiger partial charge is 0.366 e. The van der Waals surface area contributed by atoms with Crippen LogP contribution in [0.5, 0.6) is 0 Å². The van der Waals surface area contributed by atoms with Crippen molar-refractivity contribution in [2.24, 2.45) is 0 Å². The van der Waals surface area contributed by atoms with E-state index < -0.39 is 11.1 Å². The maximum Gasteiger partial charge on any atom is 0.319 e. The van der Waals surface area contributed by atoms with Crippen molar-refractivity contribution in [3.05, 3.63) is 24.8 Å². The van der Waals surface area contributed by atoms with Crippen molar-refractivity contribution >= 4 is 28.3 Å². The van der Waals surface area contributed by atoms with Crippen molar-refractivity contribution in [1.82, 2.24) is 19.2 Å². The van der Waals surface area contributed by atoms with E-state index in [4.69, 9.17) is 0 Å². The third kappa shape index (κ3) is 3.02. The summed E-state index contributed by atoms with van der Waals surface area (Å²) >= 11 is -2.05. The fourth-order valence-electron chi connectivity index (χ4n) is 2.76. The van der Waals surface area contributed by atoms with Crippen molar-refractivity contribution in [3.63, 3.8) is 0 Å². The fourth-order valence-corrected chi connectivity index (χ4v) is 3.18. The van der Waals surface area contributed by atoms with Crippen LogP contribution in [0.2, 0.25) is 0 Å². The van der Waals surface area contributed by atoms with Gasteiger partial charge in [0.05, 0.1) is 28.6 Å². The first-order chi connectivity index (χ1) is 11.0. The van der Waals surface area contributed by atoms with E-state index in [2.05, 4.69) is 9.88 Å². The highest BCUT2D eigenvalue weighted by atomic mass is 32.2. The van der Waals surface area contributed by atoms with Crippen LogP contribution in [-0.4, -0.2) is 74.3 Å². The van der Waals surface area contributed by atoms with E-state index in [1.54, 1.807) is 53.1 Å². The zero-order chi connectivity index (χ0) is 16.6. The van der Waals surface area contributed by atoms with Crippen LogP contribution in [-0.2, 0) is 11.1 Å². The third-order valence-corrected chi connectivity index (χ3v) is 4.58. The Morgan fingerprint density at radius 2 is 2.00 bits per heavy atom. The van der Waals surface area contributed by atoms with E-state index in [9.17, 15) is 13.6 Å². The molecule has 1 saturated heterocycles. The van der Waals surface area contributed by atoms with Crippen molar-refractivity contribution < 1.29 is 13.6 Å². The zero-order valence-corrected chi connectivity index (χ0v) is 13.9. The van der Waals surface area contributed by atoms with Crippen LogP contribution in [0.15, 0.2) is 29.7 Å². The average Bonchev–Trinajstić information content (AvgIpc) is 3.01. The summed E-state index contributed by atoms with van der Waals surface area (Å²) in [5.74, 6) is 0. The lowest BCUT2D eigenvalue weighted by Crippen LogP contribution is -2.51. The number of pyridine rings is 1. The Kier molecular flexibility index (Phi) is 4.22. The molecule has 1 aliphatic rings. The Hall–Kier alpha value is -2.13. The van der Waals surface area contributed by atoms with Gasteiger partial charge in [-0.05, 0) is 6.07 Å². The second kappa shape index (κ2) is 6.17. The lowest BCUT2D eigenvalue weighted by molar-refractivity contribution is 0.168. The van der Waals surface area contributed by atoms with Gasteiger partial charge >= 0.3 is 6.03 Å². The molecule has 3 heterocycles. The van der Waals surface area contributed by atoms with Gasteiger partial charge in [0, 0.05) is 46.5 Å². The molecule has 0 saturated carbocycles. The standard InChI is InChI=1S/C14H19N5O3S/c1-16(2)14(20)18-5-3-17(4-6-18)12-7-11(23(21)22)9-19-10-15-8-13(12)19/h7-10H,3-6H2,1-2H3,(H,21,22). The van der Waals surface area contributed by atoms with Crippen LogP contribution < -0.4 is 4.90 Å². The van der Waals surface area contributed by atoms with Crippen molar-refractivity contribution in [2.45, 2.75) is 4.90 Å². The quantitative estimate of drug-likeness (QED) is 0.817. The number of amides is 2. The normalized spacial score (nSPS) is 16.7. The highest BCUT2D eigenvalue weighted by Crippen LogP contribution is 2.25. The maximum atomic E-state index is 12.0. The van der Waals surface area contributed by atoms with Gasteiger partial charge in [-0.25, -0.2) is 14.0 Å². The number of hydrogen-bond acceptors (Lipinski definition) is 4. The summed E-state index contributed by atoms with van der Waals surface area (Å²) in [5.41, 5.74) is 1.74. The van der Waals surface area contributed by atoms with Crippen molar-refractivity contribution in [3.8, 4) is 0 Å². The van der Waals surface area contributed by atoms with Crippen molar-refractivity contribution in [1.29, 1.82) is 0 Å². The van der Waals surface area contributed by atoms with Crippen LogP contribution in [0.4, 0.5) is 10.5 Å². The molecule has 2 aromatic heterocycles. The molecular formula is C14H19N5O3S. The molecule has 1 N–H and O–H groups in total. The molecule has 1 fully saturated rings. The number of fused-ring (bicyclic) bond motifs is 1. The van der Waals surface area contributed by atoms with E-state index in [1.807, 2.05) is 0 Å². The van der Waals surface area contributed by atoms with Gasteiger partial charge in [-0.15, -0.1) is 0 Å². The number of urea groups is 1. The number of aromatic nitrogens is 2. The van der Waals surface area contributed by atoms with Crippen LogP contribution >= 0.6 is 0 Å². The molecule has 8 nitrogen and oxygen atoms in total. The molecule has 0 spiro atoms. The van der Waals surface area contributed by atoms with Gasteiger partial charge in [-0.3, -0.25) is 0 Å². The molecule has 1 atom stereocenters. The van der Waals surface area contributed by atoms with Gasteiger partial charge < -0.3 is 23.7 Å². The molecule has 1 aliphatic heterocycles. The number of carbonyl (C=O) groups excluding carboxylic acids is 1. The highest BCUT2D eigenvalue weighted by Gasteiger charge is 2.24. The maximum absolute atomic E-state index is 12.0. The first kappa shape index (κ1) is 15.8. The molecule has 1 unspecified atom stereocenters. The van der Waals surface area contributed by atoms with Gasteiger partial charge in [-0.1, -0.05) is 0 Å². The number of anilines is 1. The summed E-state index contributed by atoms with van der Waals surface area (Å²) in [6, 6.07) is 1.72. The molecular weight excluding hydrogens is 318 g/mol. The fraction of sp³-hybridized carbons (Fsp3) is 0.429. The molecule has 124 valence electrons. The minimum atomic E-state index is -2.05. The van der Waals surface area contributed by atoms with Crippen LogP contribution in [0.25, 0.3) is 5.52 Å². The minimum absolute atomic E-state index is 0.00404. The molecule has 0 radical (unpaired) electrons. The van der Waals surface area contributed by atoms with E-state index in [0.29, 0.717) is 31.1 Å². The average molecular weight is 337 g/mol.